The van der Waals surface area contributed by atoms with Gasteiger partial charge >= 0.3 is 0 Å². The third-order valence-corrected chi connectivity index (χ3v) is 3.85. The number of benzene rings is 1. The molecule has 9 heteroatoms. The maximum Gasteiger partial charge on any atom is 0.191 e. The van der Waals surface area contributed by atoms with Gasteiger partial charge in [0.1, 0.15) is 18.0 Å². The molecule has 0 saturated carbocycles. The van der Waals surface area contributed by atoms with Gasteiger partial charge in [-0.1, -0.05) is 0 Å². The number of aromatic nitrogens is 5. The van der Waals surface area contributed by atoms with Crippen LogP contribution in [0.25, 0.3) is 5.69 Å². The summed E-state index contributed by atoms with van der Waals surface area (Å²) >= 11 is 0. The monoisotopic (exact) mass is 356 g/mol. The summed E-state index contributed by atoms with van der Waals surface area (Å²) in [6.07, 6.45) is 4.12. The molecule has 2 aromatic heterocycles. The average molecular weight is 356 g/mol. The van der Waals surface area contributed by atoms with Crippen molar-refractivity contribution >= 4 is 5.96 Å². The van der Waals surface area contributed by atoms with Gasteiger partial charge < -0.3 is 10.6 Å². The van der Waals surface area contributed by atoms with Crippen LogP contribution in [0.3, 0.4) is 0 Å². The molecule has 2 heterocycles. The van der Waals surface area contributed by atoms with Crippen molar-refractivity contribution in [2.75, 3.05) is 13.6 Å². The SMILES string of the molecule is CN=C(NCCc1ccn(-c2ccc(F)cc2)n1)NCc1ncnn1C. The van der Waals surface area contributed by atoms with Gasteiger partial charge in [0, 0.05) is 33.3 Å². The van der Waals surface area contributed by atoms with E-state index in [1.165, 1.54) is 18.5 Å². The van der Waals surface area contributed by atoms with Gasteiger partial charge in [0.05, 0.1) is 17.9 Å². The highest BCUT2D eigenvalue weighted by molar-refractivity contribution is 5.79. The number of hydrogen-bond acceptors (Lipinski definition) is 4. The van der Waals surface area contributed by atoms with E-state index >= 15 is 0 Å². The molecule has 0 unspecified atom stereocenters. The summed E-state index contributed by atoms with van der Waals surface area (Å²) in [4.78, 5) is 8.34. The average Bonchev–Trinajstić information content (AvgIpc) is 3.28. The number of rotatable bonds is 6. The van der Waals surface area contributed by atoms with Crippen molar-refractivity contribution in [3.63, 3.8) is 0 Å². The number of aliphatic imine (C=N–C) groups is 1. The van der Waals surface area contributed by atoms with E-state index in [1.54, 1.807) is 28.5 Å². The first-order chi connectivity index (χ1) is 12.7. The van der Waals surface area contributed by atoms with Crippen LogP contribution in [0.15, 0.2) is 47.8 Å². The van der Waals surface area contributed by atoms with E-state index in [4.69, 9.17) is 0 Å². The highest BCUT2D eigenvalue weighted by atomic mass is 19.1. The minimum absolute atomic E-state index is 0.259. The number of aryl methyl sites for hydroxylation is 1. The molecule has 8 nitrogen and oxygen atoms in total. The van der Waals surface area contributed by atoms with Gasteiger partial charge in [-0.25, -0.2) is 14.1 Å². The fourth-order valence-corrected chi connectivity index (χ4v) is 2.41. The first-order valence-corrected chi connectivity index (χ1v) is 8.23. The standard InChI is InChI=1S/C17H21FN8/c1-19-17(21-11-16-22-12-23-25(16)2)20-9-7-14-8-10-26(24-14)15-5-3-13(18)4-6-15/h3-6,8,10,12H,7,9,11H2,1-2H3,(H2,19,20,21). The Kier molecular flexibility index (Phi) is 5.57. The fraction of sp³-hybridized carbons (Fsp3) is 0.294. The molecule has 0 amide bonds. The highest BCUT2D eigenvalue weighted by Crippen LogP contribution is 2.09. The molecule has 0 aliphatic heterocycles. The van der Waals surface area contributed by atoms with Crippen LogP contribution in [-0.4, -0.2) is 44.1 Å². The Morgan fingerprint density at radius 2 is 2.00 bits per heavy atom. The molecular weight excluding hydrogens is 335 g/mol. The molecule has 26 heavy (non-hydrogen) atoms. The maximum absolute atomic E-state index is 13.0. The van der Waals surface area contributed by atoms with E-state index in [0.29, 0.717) is 19.0 Å². The van der Waals surface area contributed by atoms with Crippen LogP contribution >= 0.6 is 0 Å². The fourth-order valence-electron chi connectivity index (χ4n) is 2.41. The molecular formula is C17H21FN8. The van der Waals surface area contributed by atoms with Gasteiger partial charge in [-0.05, 0) is 30.3 Å². The second-order valence-electron chi connectivity index (χ2n) is 5.63. The van der Waals surface area contributed by atoms with Crippen LogP contribution < -0.4 is 10.6 Å². The lowest BCUT2D eigenvalue weighted by Gasteiger charge is -2.10. The number of halogens is 1. The normalized spacial score (nSPS) is 11.6. The third kappa shape index (κ3) is 4.44. The third-order valence-electron chi connectivity index (χ3n) is 3.85. The molecule has 0 bridgehead atoms. The molecule has 2 N–H and O–H groups in total. The minimum atomic E-state index is -0.259. The number of hydrogen-bond donors (Lipinski definition) is 2. The van der Waals surface area contributed by atoms with Gasteiger partial charge in [-0.2, -0.15) is 10.2 Å². The molecule has 136 valence electrons. The Morgan fingerprint density at radius 3 is 2.69 bits per heavy atom. The number of nitrogens with zero attached hydrogens (tertiary/aromatic N) is 6. The summed E-state index contributed by atoms with van der Waals surface area (Å²) in [6.45, 7) is 1.22. The van der Waals surface area contributed by atoms with E-state index in [1.807, 2.05) is 19.3 Å². The van der Waals surface area contributed by atoms with Crippen LogP contribution in [0.4, 0.5) is 4.39 Å². The largest absolute Gasteiger partial charge is 0.356 e. The van der Waals surface area contributed by atoms with Crippen molar-refractivity contribution in [3.05, 3.63) is 60.2 Å². The van der Waals surface area contributed by atoms with Crippen molar-refractivity contribution in [3.8, 4) is 5.69 Å². The van der Waals surface area contributed by atoms with Gasteiger partial charge in [-0.15, -0.1) is 0 Å². The lowest BCUT2D eigenvalue weighted by atomic mass is 10.3. The molecule has 0 saturated heterocycles. The number of guanidine groups is 1. The Balaban J connectivity index is 1.48. The Bertz CT molecular complexity index is 865. The van der Waals surface area contributed by atoms with Crippen LogP contribution in [-0.2, 0) is 20.0 Å². The summed E-state index contributed by atoms with van der Waals surface area (Å²) in [6, 6.07) is 8.18. The van der Waals surface area contributed by atoms with Gasteiger partial charge in [-0.3, -0.25) is 9.67 Å². The van der Waals surface area contributed by atoms with Gasteiger partial charge in [0.15, 0.2) is 5.96 Å². The summed E-state index contributed by atoms with van der Waals surface area (Å²) in [5.74, 6) is 1.25. The minimum Gasteiger partial charge on any atom is -0.356 e. The quantitative estimate of drug-likeness (QED) is 0.509. The first kappa shape index (κ1) is 17.6. The van der Waals surface area contributed by atoms with Crippen molar-refractivity contribution in [2.45, 2.75) is 13.0 Å². The second kappa shape index (κ2) is 8.24. The van der Waals surface area contributed by atoms with E-state index in [0.717, 1.165) is 23.6 Å². The van der Waals surface area contributed by atoms with Crippen molar-refractivity contribution in [1.82, 2.24) is 35.2 Å². The Labute approximate surface area is 150 Å². The molecule has 0 spiro atoms. The van der Waals surface area contributed by atoms with Crippen molar-refractivity contribution < 1.29 is 4.39 Å². The zero-order chi connectivity index (χ0) is 18.4. The van der Waals surface area contributed by atoms with E-state index in [-0.39, 0.29) is 5.82 Å². The van der Waals surface area contributed by atoms with E-state index in [9.17, 15) is 4.39 Å². The van der Waals surface area contributed by atoms with Crippen molar-refractivity contribution in [2.24, 2.45) is 12.0 Å². The topological polar surface area (TPSA) is 84.9 Å². The van der Waals surface area contributed by atoms with Crippen LogP contribution in [0.2, 0.25) is 0 Å². The molecule has 0 atom stereocenters. The maximum atomic E-state index is 13.0. The summed E-state index contributed by atoms with van der Waals surface area (Å²) < 4.78 is 16.4. The van der Waals surface area contributed by atoms with Crippen LogP contribution in [0.1, 0.15) is 11.5 Å². The zero-order valence-corrected chi connectivity index (χ0v) is 14.7. The number of nitrogens with one attached hydrogen (secondary N) is 2. The van der Waals surface area contributed by atoms with Crippen molar-refractivity contribution in [1.29, 1.82) is 0 Å². The van der Waals surface area contributed by atoms with Crippen LogP contribution in [0, 0.1) is 5.82 Å². The molecule has 0 aliphatic carbocycles. The van der Waals surface area contributed by atoms with Gasteiger partial charge in [0.25, 0.3) is 0 Å². The molecule has 3 rings (SSSR count). The Morgan fingerprint density at radius 1 is 1.19 bits per heavy atom. The summed E-state index contributed by atoms with van der Waals surface area (Å²) in [7, 11) is 3.56. The van der Waals surface area contributed by atoms with E-state index in [2.05, 4.69) is 30.8 Å². The van der Waals surface area contributed by atoms with E-state index < -0.39 is 0 Å². The molecule has 3 aromatic rings. The molecule has 0 aliphatic rings. The van der Waals surface area contributed by atoms with Gasteiger partial charge in [0.2, 0.25) is 0 Å². The Hall–Kier alpha value is -3.23. The molecule has 0 fully saturated rings. The molecule has 1 aromatic carbocycles. The predicted molar refractivity (Wildman–Crippen MR) is 96.4 cm³/mol. The van der Waals surface area contributed by atoms with Crippen LogP contribution in [0.5, 0.6) is 0 Å². The molecule has 0 radical (unpaired) electrons. The lowest BCUT2D eigenvalue weighted by molar-refractivity contribution is 0.627. The predicted octanol–water partition coefficient (Wildman–Crippen LogP) is 1.05. The summed E-state index contributed by atoms with van der Waals surface area (Å²) in [5, 5.41) is 15.0. The first-order valence-electron chi connectivity index (χ1n) is 8.23. The zero-order valence-electron chi connectivity index (χ0n) is 14.7. The summed E-state index contributed by atoms with van der Waals surface area (Å²) in [5.41, 5.74) is 1.76. The highest BCUT2D eigenvalue weighted by Gasteiger charge is 2.04. The lowest BCUT2D eigenvalue weighted by Crippen LogP contribution is -2.38. The smallest absolute Gasteiger partial charge is 0.191 e. The second-order valence-corrected chi connectivity index (χ2v) is 5.63.